The van der Waals surface area contributed by atoms with Crippen molar-refractivity contribution in [1.29, 1.82) is 0 Å². The third kappa shape index (κ3) is 1.21. The largest absolute Gasteiger partial charge is 0.359 e. The summed E-state index contributed by atoms with van der Waals surface area (Å²) in [6.45, 7) is 0. The van der Waals surface area contributed by atoms with Gasteiger partial charge in [-0.15, -0.1) is 0 Å². The Morgan fingerprint density at radius 1 is 1.38 bits per heavy atom. The molecule has 5 heteroatoms. The maximum Gasteiger partial charge on any atom is 0.213 e. The third-order valence-electron chi connectivity index (χ3n) is 2.63. The lowest BCUT2D eigenvalue weighted by molar-refractivity contribution is 0.586. The van der Waals surface area contributed by atoms with Crippen LogP contribution in [0.4, 0.5) is 4.39 Å². The first-order valence-electron chi connectivity index (χ1n) is 4.85. The van der Waals surface area contributed by atoms with Crippen molar-refractivity contribution in [3.63, 3.8) is 0 Å². The average molecular weight is 216 g/mol. The summed E-state index contributed by atoms with van der Waals surface area (Å²) in [6, 6.07) is 1.42. The van der Waals surface area contributed by atoms with Crippen LogP contribution in [0.2, 0.25) is 0 Å². The molecule has 0 atom stereocenters. The lowest BCUT2D eigenvalue weighted by atomic mass is 10.1. The van der Waals surface area contributed by atoms with Crippen LogP contribution >= 0.6 is 0 Å². The van der Waals surface area contributed by atoms with Crippen molar-refractivity contribution >= 4 is 10.9 Å². The van der Waals surface area contributed by atoms with Crippen LogP contribution in [-0.2, 0) is 7.05 Å². The van der Waals surface area contributed by atoms with Crippen LogP contribution in [0, 0.1) is 5.95 Å². The maximum absolute atomic E-state index is 13.1. The zero-order valence-electron chi connectivity index (χ0n) is 8.61. The number of aryl methyl sites for hydroxylation is 1. The van der Waals surface area contributed by atoms with Gasteiger partial charge in [0.05, 0.1) is 29.9 Å². The Kier molecular flexibility index (Phi) is 1.80. The number of nitrogens with one attached hydrogen (secondary N) is 1. The van der Waals surface area contributed by atoms with E-state index in [1.54, 1.807) is 12.5 Å². The second-order valence-corrected chi connectivity index (χ2v) is 3.64. The molecular weight excluding hydrogens is 207 g/mol. The Bertz CT molecular complexity index is 653. The van der Waals surface area contributed by atoms with Crippen molar-refractivity contribution in [2.45, 2.75) is 0 Å². The number of halogens is 1. The molecule has 0 spiro atoms. The SMILES string of the molecule is Cn1cncc1-c1c[nH]c2cnc(F)cc12. The molecule has 80 valence electrons. The fourth-order valence-corrected chi connectivity index (χ4v) is 1.82. The first kappa shape index (κ1) is 9.08. The van der Waals surface area contributed by atoms with Gasteiger partial charge >= 0.3 is 0 Å². The van der Waals surface area contributed by atoms with E-state index in [9.17, 15) is 4.39 Å². The zero-order chi connectivity index (χ0) is 11.1. The topological polar surface area (TPSA) is 46.5 Å². The number of rotatable bonds is 1. The molecule has 0 saturated carbocycles. The smallest absolute Gasteiger partial charge is 0.213 e. The minimum Gasteiger partial charge on any atom is -0.359 e. The molecule has 0 fully saturated rings. The Hall–Kier alpha value is -2.17. The number of aromatic amines is 1. The minimum atomic E-state index is -0.476. The van der Waals surface area contributed by atoms with Gasteiger partial charge in [-0.05, 0) is 0 Å². The van der Waals surface area contributed by atoms with Crippen LogP contribution in [0.15, 0.2) is 31.0 Å². The summed E-state index contributed by atoms with van der Waals surface area (Å²) < 4.78 is 15.0. The first-order valence-corrected chi connectivity index (χ1v) is 4.85. The molecule has 16 heavy (non-hydrogen) atoms. The van der Waals surface area contributed by atoms with Crippen molar-refractivity contribution in [2.24, 2.45) is 7.05 Å². The number of hydrogen-bond donors (Lipinski definition) is 1. The summed E-state index contributed by atoms with van der Waals surface area (Å²) in [6.07, 6.45) is 6.79. The zero-order valence-corrected chi connectivity index (χ0v) is 8.61. The van der Waals surface area contributed by atoms with Crippen molar-refractivity contribution in [2.75, 3.05) is 0 Å². The van der Waals surface area contributed by atoms with E-state index in [0.717, 1.165) is 22.2 Å². The molecule has 1 N–H and O–H groups in total. The molecule has 3 rings (SSSR count). The summed E-state index contributed by atoms with van der Waals surface area (Å²) >= 11 is 0. The lowest BCUT2D eigenvalue weighted by Gasteiger charge is -1.99. The van der Waals surface area contributed by atoms with E-state index in [0.29, 0.717) is 0 Å². The Morgan fingerprint density at radius 3 is 3.00 bits per heavy atom. The van der Waals surface area contributed by atoms with Crippen LogP contribution in [0.5, 0.6) is 0 Å². The van der Waals surface area contributed by atoms with E-state index < -0.39 is 5.95 Å². The van der Waals surface area contributed by atoms with E-state index in [-0.39, 0.29) is 0 Å². The van der Waals surface area contributed by atoms with Crippen LogP contribution in [-0.4, -0.2) is 19.5 Å². The van der Waals surface area contributed by atoms with E-state index in [1.165, 1.54) is 12.3 Å². The van der Waals surface area contributed by atoms with Gasteiger partial charge in [-0.2, -0.15) is 4.39 Å². The summed E-state index contributed by atoms with van der Waals surface area (Å²) in [5.74, 6) is -0.476. The van der Waals surface area contributed by atoms with E-state index >= 15 is 0 Å². The highest BCUT2D eigenvalue weighted by Gasteiger charge is 2.10. The molecule has 0 amide bonds. The Morgan fingerprint density at radius 2 is 2.25 bits per heavy atom. The fraction of sp³-hybridized carbons (Fsp3) is 0.0909. The summed E-state index contributed by atoms with van der Waals surface area (Å²) in [5.41, 5.74) is 2.69. The summed E-state index contributed by atoms with van der Waals surface area (Å²) in [5, 5.41) is 0.816. The highest BCUT2D eigenvalue weighted by Crippen LogP contribution is 2.27. The van der Waals surface area contributed by atoms with Crippen LogP contribution in [0.25, 0.3) is 22.2 Å². The van der Waals surface area contributed by atoms with Crippen LogP contribution < -0.4 is 0 Å². The molecule has 0 bridgehead atoms. The van der Waals surface area contributed by atoms with Gasteiger partial charge in [0.1, 0.15) is 0 Å². The van der Waals surface area contributed by atoms with Gasteiger partial charge in [-0.3, -0.25) is 0 Å². The number of H-pyrrole nitrogens is 1. The predicted octanol–water partition coefficient (Wildman–Crippen LogP) is 2.10. The fourth-order valence-electron chi connectivity index (χ4n) is 1.82. The van der Waals surface area contributed by atoms with Crippen molar-refractivity contribution in [1.82, 2.24) is 19.5 Å². The van der Waals surface area contributed by atoms with Gasteiger partial charge in [0.2, 0.25) is 5.95 Å². The first-order chi connectivity index (χ1) is 7.75. The summed E-state index contributed by atoms with van der Waals surface area (Å²) in [7, 11) is 1.90. The standard InChI is InChI=1S/C11H9FN4/c1-16-6-13-5-10(16)8-3-14-9-4-15-11(12)2-7(8)9/h2-6,14H,1H3. The lowest BCUT2D eigenvalue weighted by Crippen LogP contribution is -1.88. The molecule has 0 aromatic carbocycles. The molecule has 0 saturated heterocycles. The number of fused-ring (bicyclic) bond motifs is 1. The monoisotopic (exact) mass is 216 g/mol. The van der Waals surface area contributed by atoms with Crippen molar-refractivity contribution in [3.8, 4) is 11.3 Å². The van der Waals surface area contributed by atoms with Crippen molar-refractivity contribution in [3.05, 3.63) is 36.9 Å². The summed E-state index contributed by atoms with van der Waals surface area (Å²) in [4.78, 5) is 10.7. The highest BCUT2D eigenvalue weighted by atomic mass is 19.1. The van der Waals surface area contributed by atoms with E-state index in [1.807, 2.05) is 17.8 Å². The molecule has 0 radical (unpaired) electrons. The molecule has 3 aromatic rings. The third-order valence-corrected chi connectivity index (χ3v) is 2.63. The predicted molar refractivity (Wildman–Crippen MR) is 58.3 cm³/mol. The quantitative estimate of drug-likeness (QED) is 0.633. The van der Waals surface area contributed by atoms with E-state index in [4.69, 9.17) is 0 Å². The number of aromatic nitrogens is 4. The molecule has 0 unspecified atom stereocenters. The maximum atomic E-state index is 13.1. The normalized spacial score (nSPS) is 11.1. The number of nitrogens with zero attached hydrogens (tertiary/aromatic N) is 3. The Labute approximate surface area is 90.8 Å². The average Bonchev–Trinajstić information content (AvgIpc) is 2.83. The van der Waals surface area contributed by atoms with Gasteiger partial charge in [0, 0.05) is 30.3 Å². The minimum absolute atomic E-state index is 0.476. The molecule has 4 nitrogen and oxygen atoms in total. The number of pyridine rings is 1. The van der Waals surface area contributed by atoms with E-state index in [2.05, 4.69) is 15.0 Å². The second-order valence-electron chi connectivity index (χ2n) is 3.64. The molecule has 0 aliphatic carbocycles. The van der Waals surface area contributed by atoms with Crippen LogP contribution in [0.3, 0.4) is 0 Å². The van der Waals surface area contributed by atoms with Gasteiger partial charge in [0.25, 0.3) is 0 Å². The van der Waals surface area contributed by atoms with Gasteiger partial charge in [0.15, 0.2) is 0 Å². The van der Waals surface area contributed by atoms with Crippen LogP contribution in [0.1, 0.15) is 0 Å². The number of hydrogen-bond acceptors (Lipinski definition) is 2. The number of imidazole rings is 1. The second kappa shape index (κ2) is 3.16. The highest BCUT2D eigenvalue weighted by molar-refractivity contribution is 5.94. The van der Waals surface area contributed by atoms with Crippen molar-refractivity contribution < 1.29 is 4.39 Å². The molecule has 3 heterocycles. The van der Waals surface area contributed by atoms with Gasteiger partial charge in [-0.25, -0.2) is 9.97 Å². The Balaban J connectivity index is 2.32. The van der Waals surface area contributed by atoms with Gasteiger partial charge in [-0.1, -0.05) is 0 Å². The molecule has 3 aromatic heterocycles. The molecule has 0 aliphatic rings. The van der Waals surface area contributed by atoms with Gasteiger partial charge < -0.3 is 9.55 Å². The molecule has 0 aliphatic heterocycles. The molecular formula is C11H9FN4.